The number of ether oxygens (including phenoxy) is 2. The minimum absolute atomic E-state index is 0.215. The van der Waals surface area contributed by atoms with Crippen molar-refractivity contribution in [3.63, 3.8) is 0 Å². The monoisotopic (exact) mass is 414 g/mol. The number of benzene rings is 2. The largest absolute Gasteiger partial charge is 0.497 e. The second-order valence-corrected chi connectivity index (χ2v) is 7.73. The third-order valence-corrected chi connectivity index (χ3v) is 5.36. The van der Waals surface area contributed by atoms with E-state index in [2.05, 4.69) is 10.6 Å². The van der Waals surface area contributed by atoms with Gasteiger partial charge in [0.2, 0.25) is 5.91 Å². The van der Waals surface area contributed by atoms with Crippen molar-refractivity contribution in [1.82, 2.24) is 5.32 Å². The van der Waals surface area contributed by atoms with Gasteiger partial charge in [0.25, 0.3) is 0 Å². The van der Waals surface area contributed by atoms with E-state index in [1.54, 1.807) is 33.9 Å². The molecule has 7 heteroatoms. The van der Waals surface area contributed by atoms with Crippen LogP contribution < -0.4 is 15.4 Å². The summed E-state index contributed by atoms with van der Waals surface area (Å²) in [6.45, 7) is 5.80. The summed E-state index contributed by atoms with van der Waals surface area (Å²) in [5.41, 5.74) is 1.33. The van der Waals surface area contributed by atoms with E-state index >= 15 is 0 Å². The lowest BCUT2D eigenvalue weighted by molar-refractivity contribution is -0.148. The van der Waals surface area contributed by atoms with Crippen LogP contribution >= 0.6 is 0 Å². The molecule has 0 bridgehead atoms. The summed E-state index contributed by atoms with van der Waals surface area (Å²) in [6.07, 6.45) is 0.794. The Morgan fingerprint density at radius 1 is 1.23 bits per heavy atom. The lowest BCUT2D eigenvalue weighted by Crippen LogP contribution is -2.38. The molecule has 0 spiro atoms. The molecule has 1 amide bonds. The van der Waals surface area contributed by atoms with Gasteiger partial charge in [-0.1, -0.05) is 12.1 Å². The summed E-state index contributed by atoms with van der Waals surface area (Å²) >= 11 is 0. The van der Waals surface area contributed by atoms with E-state index < -0.39 is 23.2 Å². The zero-order valence-electron chi connectivity index (χ0n) is 17.7. The predicted molar refractivity (Wildman–Crippen MR) is 112 cm³/mol. The quantitative estimate of drug-likeness (QED) is 0.708. The molecule has 1 aliphatic heterocycles. The third-order valence-electron chi connectivity index (χ3n) is 5.36. The number of carbonyl (C=O) groups is 2. The highest BCUT2D eigenvalue weighted by Gasteiger charge is 2.34. The van der Waals surface area contributed by atoms with Gasteiger partial charge in [-0.05, 0) is 62.6 Å². The van der Waals surface area contributed by atoms with Gasteiger partial charge in [-0.2, -0.15) is 0 Å². The SMILES string of the molecule is CCOC(=O)C(C)(C)c1ccc(NC(=O)C2NCCc3cc(OC)ccc32)cc1F. The van der Waals surface area contributed by atoms with Crippen molar-refractivity contribution in [2.24, 2.45) is 0 Å². The maximum Gasteiger partial charge on any atom is 0.316 e. The summed E-state index contributed by atoms with van der Waals surface area (Å²) in [5.74, 6) is -0.610. The molecule has 3 rings (SSSR count). The maximum absolute atomic E-state index is 14.8. The zero-order chi connectivity index (χ0) is 21.9. The molecule has 2 N–H and O–H groups in total. The Hall–Kier alpha value is -2.93. The fourth-order valence-electron chi connectivity index (χ4n) is 3.64. The van der Waals surface area contributed by atoms with Gasteiger partial charge in [-0.25, -0.2) is 4.39 Å². The smallest absolute Gasteiger partial charge is 0.316 e. The Labute approximate surface area is 175 Å². The molecule has 0 fully saturated rings. The van der Waals surface area contributed by atoms with E-state index in [4.69, 9.17) is 9.47 Å². The molecule has 160 valence electrons. The van der Waals surface area contributed by atoms with E-state index in [0.29, 0.717) is 12.2 Å². The summed E-state index contributed by atoms with van der Waals surface area (Å²) in [6, 6.07) is 9.41. The molecule has 1 unspecified atom stereocenters. The number of fused-ring (bicyclic) bond motifs is 1. The number of amides is 1. The highest BCUT2D eigenvalue weighted by atomic mass is 19.1. The van der Waals surface area contributed by atoms with Crippen molar-refractivity contribution in [3.05, 3.63) is 58.9 Å². The van der Waals surface area contributed by atoms with Crippen LogP contribution in [0.25, 0.3) is 0 Å². The number of anilines is 1. The summed E-state index contributed by atoms with van der Waals surface area (Å²) in [4.78, 5) is 25.0. The fourth-order valence-corrected chi connectivity index (χ4v) is 3.64. The lowest BCUT2D eigenvalue weighted by Gasteiger charge is -2.27. The van der Waals surface area contributed by atoms with Gasteiger partial charge in [-0.15, -0.1) is 0 Å². The predicted octanol–water partition coefficient (Wildman–Crippen LogP) is 3.50. The van der Waals surface area contributed by atoms with E-state index in [-0.39, 0.29) is 18.1 Å². The fraction of sp³-hybridized carbons (Fsp3) is 0.391. The summed E-state index contributed by atoms with van der Waals surface area (Å²) < 4.78 is 25.1. The second-order valence-electron chi connectivity index (χ2n) is 7.73. The Bertz CT molecular complexity index is 958. The van der Waals surface area contributed by atoms with Crippen LogP contribution in [0.1, 0.15) is 43.5 Å². The Morgan fingerprint density at radius 2 is 2.00 bits per heavy atom. The van der Waals surface area contributed by atoms with Crippen LogP contribution in [0.3, 0.4) is 0 Å². The van der Waals surface area contributed by atoms with Crippen molar-refractivity contribution in [3.8, 4) is 5.75 Å². The number of methoxy groups -OCH3 is 1. The molecule has 0 saturated heterocycles. The number of hydrogen-bond acceptors (Lipinski definition) is 5. The molecule has 6 nitrogen and oxygen atoms in total. The summed E-state index contributed by atoms with van der Waals surface area (Å²) in [5, 5.41) is 5.97. The topological polar surface area (TPSA) is 76.7 Å². The van der Waals surface area contributed by atoms with Gasteiger partial charge in [0.1, 0.15) is 17.6 Å². The van der Waals surface area contributed by atoms with E-state index in [1.807, 2.05) is 18.2 Å². The summed E-state index contributed by atoms with van der Waals surface area (Å²) in [7, 11) is 1.61. The van der Waals surface area contributed by atoms with Crippen LogP contribution in [0.5, 0.6) is 5.75 Å². The number of nitrogens with one attached hydrogen (secondary N) is 2. The molecule has 0 aliphatic carbocycles. The van der Waals surface area contributed by atoms with E-state index in [9.17, 15) is 14.0 Å². The number of rotatable bonds is 6. The van der Waals surface area contributed by atoms with E-state index in [1.165, 1.54) is 12.1 Å². The molecule has 2 aromatic carbocycles. The molecule has 1 heterocycles. The molecule has 2 aromatic rings. The van der Waals surface area contributed by atoms with Crippen LogP contribution in [-0.2, 0) is 26.2 Å². The Kier molecular flexibility index (Phi) is 6.41. The number of carbonyl (C=O) groups excluding carboxylic acids is 2. The third kappa shape index (κ3) is 4.31. The van der Waals surface area contributed by atoms with Crippen LogP contribution in [-0.4, -0.2) is 32.1 Å². The average Bonchev–Trinajstić information content (AvgIpc) is 2.72. The van der Waals surface area contributed by atoms with Gasteiger partial charge >= 0.3 is 5.97 Å². The first-order chi connectivity index (χ1) is 14.3. The van der Waals surface area contributed by atoms with Crippen LogP contribution in [0.2, 0.25) is 0 Å². The van der Waals surface area contributed by atoms with Gasteiger partial charge in [0.05, 0.1) is 19.1 Å². The normalized spacial score (nSPS) is 15.8. The van der Waals surface area contributed by atoms with Crippen LogP contribution in [0, 0.1) is 5.82 Å². The standard InChI is InChI=1S/C23H27FN2O4/c1-5-30-22(28)23(2,3)18-9-6-15(13-19(18)24)26-21(27)20-17-8-7-16(29-4)12-14(17)10-11-25-20/h6-9,12-13,20,25H,5,10-11H2,1-4H3,(H,26,27). The molecule has 0 saturated carbocycles. The molecule has 0 radical (unpaired) electrons. The highest BCUT2D eigenvalue weighted by Crippen LogP contribution is 2.31. The van der Waals surface area contributed by atoms with Gasteiger partial charge < -0.3 is 20.1 Å². The Morgan fingerprint density at radius 3 is 2.67 bits per heavy atom. The number of esters is 1. The average molecular weight is 414 g/mol. The van der Waals surface area contributed by atoms with E-state index in [0.717, 1.165) is 23.3 Å². The van der Waals surface area contributed by atoms with Crippen LogP contribution in [0.15, 0.2) is 36.4 Å². The first-order valence-corrected chi connectivity index (χ1v) is 9.96. The maximum atomic E-state index is 14.8. The minimum atomic E-state index is -1.13. The number of hydrogen-bond donors (Lipinski definition) is 2. The number of halogens is 1. The van der Waals surface area contributed by atoms with Crippen LogP contribution in [0.4, 0.5) is 10.1 Å². The molecule has 1 atom stereocenters. The molecule has 0 aromatic heterocycles. The molecule has 30 heavy (non-hydrogen) atoms. The highest BCUT2D eigenvalue weighted by molar-refractivity contribution is 5.96. The second kappa shape index (κ2) is 8.83. The Balaban J connectivity index is 1.79. The van der Waals surface area contributed by atoms with Crippen molar-refractivity contribution in [2.75, 3.05) is 25.6 Å². The van der Waals surface area contributed by atoms with Gasteiger partial charge in [-0.3, -0.25) is 9.59 Å². The first-order valence-electron chi connectivity index (χ1n) is 9.96. The van der Waals surface area contributed by atoms with Crippen molar-refractivity contribution in [2.45, 2.75) is 38.6 Å². The first kappa shape index (κ1) is 21.8. The van der Waals surface area contributed by atoms with Crippen molar-refractivity contribution >= 4 is 17.6 Å². The zero-order valence-corrected chi connectivity index (χ0v) is 17.7. The lowest BCUT2D eigenvalue weighted by atomic mass is 9.84. The van der Waals surface area contributed by atoms with Crippen molar-refractivity contribution in [1.29, 1.82) is 0 Å². The molecular weight excluding hydrogens is 387 g/mol. The molecule has 1 aliphatic rings. The van der Waals surface area contributed by atoms with Crippen molar-refractivity contribution < 1.29 is 23.5 Å². The van der Waals surface area contributed by atoms with Gasteiger partial charge in [0, 0.05) is 17.8 Å². The van der Waals surface area contributed by atoms with Gasteiger partial charge in [0.15, 0.2) is 0 Å². The minimum Gasteiger partial charge on any atom is -0.497 e. The molecular formula is C23H27FN2O4.